The summed E-state index contributed by atoms with van der Waals surface area (Å²) in [6.45, 7) is 5.40. The predicted octanol–water partition coefficient (Wildman–Crippen LogP) is 4.31. The van der Waals surface area contributed by atoms with Crippen LogP contribution in [0.4, 0.5) is 0 Å². The molecule has 0 saturated carbocycles. The highest BCUT2D eigenvalue weighted by molar-refractivity contribution is 7.10. The van der Waals surface area contributed by atoms with Crippen molar-refractivity contribution in [1.29, 1.82) is 0 Å². The fourth-order valence-corrected chi connectivity index (χ4v) is 3.03. The minimum absolute atomic E-state index is 0.660. The van der Waals surface area contributed by atoms with E-state index in [0.29, 0.717) is 6.54 Å². The predicted molar refractivity (Wildman–Crippen MR) is 86.3 cm³/mol. The summed E-state index contributed by atoms with van der Waals surface area (Å²) >= 11 is 1.77. The monoisotopic (exact) mass is 298 g/mol. The van der Waals surface area contributed by atoms with E-state index in [4.69, 9.17) is 4.42 Å². The van der Waals surface area contributed by atoms with E-state index in [0.717, 1.165) is 23.9 Å². The third-order valence-corrected chi connectivity index (χ3v) is 4.35. The SMILES string of the molecule is Cc1nc(CNCc2cc(-c3ccccc3)cs2)oc1C. The summed E-state index contributed by atoms with van der Waals surface area (Å²) in [6, 6.07) is 12.7. The molecule has 2 aromatic heterocycles. The topological polar surface area (TPSA) is 38.1 Å². The summed E-state index contributed by atoms with van der Waals surface area (Å²) in [6.07, 6.45) is 0. The maximum absolute atomic E-state index is 5.56. The fraction of sp³-hybridized carbons (Fsp3) is 0.235. The van der Waals surface area contributed by atoms with Crippen molar-refractivity contribution in [1.82, 2.24) is 10.3 Å². The second-order valence-corrected chi connectivity index (χ2v) is 6.02. The van der Waals surface area contributed by atoms with Gasteiger partial charge in [-0.1, -0.05) is 30.3 Å². The van der Waals surface area contributed by atoms with Crippen LogP contribution >= 0.6 is 11.3 Å². The lowest BCUT2D eigenvalue weighted by molar-refractivity contribution is 0.449. The summed E-state index contributed by atoms with van der Waals surface area (Å²) in [5.74, 6) is 1.65. The van der Waals surface area contributed by atoms with Crippen molar-refractivity contribution in [2.45, 2.75) is 26.9 Å². The minimum Gasteiger partial charge on any atom is -0.444 e. The van der Waals surface area contributed by atoms with Crippen molar-refractivity contribution >= 4 is 11.3 Å². The second-order valence-electron chi connectivity index (χ2n) is 5.02. The summed E-state index contributed by atoms with van der Waals surface area (Å²) in [7, 11) is 0. The fourth-order valence-electron chi connectivity index (χ4n) is 2.16. The molecule has 108 valence electrons. The van der Waals surface area contributed by atoms with Crippen LogP contribution in [-0.4, -0.2) is 4.98 Å². The lowest BCUT2D eigenvalue weighted by Gasteiger charge is -1.99. The first kappa shape index (κ1) is 14.0. The number of rotatable bonds is 5. The van der Waals surface area contributed by atoms with E-state index in [-0.39, 0.29) is 0 Å². The summed E-state index contributed by atoms with van der Waals surface area (Å²) in [5.41, 5.74) is 3.51. The van der Waals surface area contributed by atoms with Gasteiger partial charge in [0.1, 0.15) is 5.76 Å². The van der Waals surface area contributed by atoms with Gasteiger partial charge in [0.2, 0.25) is 5.89 Å². The van der Waals surface area contributed by atoms with E-state index in [1.54, 1.807) is 11.3 Å². The minimum atomic E-state index is 0.660. The zero-order valence-electron chi connectivity index (χ0n) is 12.2. The van der Waals surface area contributed by atoms with E-state index in [2.05, 4.69) is 46.0 Å². The highest BCUT2D eigenvalue weighted by Crippen LogP contribution is 2.25. The van der Waals surface area contributed by atoms with Crippen LogP contribution in [0.25, 0.3) is 11.1 Å². The summed E-state index contributed by atoms with van der Waals surface area (Å²) < 4.78 is 5.56. The molecule has 2 heterocycles. The van der Waals surface area contributed by atoms with Crippen molar-refractivity contribution in [3.8, 4) is 11.1 Å². The van der Waals surface area contributed by atoms with Crippen LogP contribution in [0.3, 0.4) is 0 Å². The van der Waals surface area contributed by atoms with E-state index < -0.39 is 0 Å². The Kier molecular flexibility index (Phi) is 4.18. The molecule has 0 amide bonds. The molecule has 0 aliphatic rings. The van der Waals surface area contributed by atoms with Crippen LogP contribution in [0, 0.1) is 13.8 Å². The van der Waals surface area contributed by atoms with Gasteiger partial charge in [-0.3, -0.25) is 0 Å². The third kappa shape index (κ3) is 3.40. The van der Waals surface area contributed by atoms with E-state index >= 15 is 0 Å². The van der Waals surface area contributed by atoms with Crippen LogP contribution in [0.2, 0.25) is 0 Å². The van der Waals surface area contributed by atoms with Gasteiger partial charge in [0, 0.05) is 11.4 Å². The molecule has 0 saturated heterocycles. The first-order chi connectivity index (χ1) is 10.2. The molecule has 21 heavy (non-hydrogen) atoms. The second kappa shape index (κ2) is 6.24. The number of thiophene rings is 1. The molecule has 3 rings (SSSR count). The lowest BCUT2D eigenvalue weighted by Crippen LogP contribution is -2.11. The highest BCUT2D eigenvalue weighted by Gasteiger charge is 2.06. The van der Waals surface area contributed by atoms with Crippen molar-refractivity contribution < 1.29 is 4.42 Å². The quantitative estimate of drug-likeness (QED) is 0.762. The van der Waals surface area contributed by atoms with Crippen LogP contribution in [0.1, 0.15) is 22.2 Å². The van der Waals surface area contributed by atoms with Crippen molar-refractivity contribution in [2.24, 2.45) is 0 Å². The number of hydrogen-bond acceptors (Lipinski definition) is 4. The average Bonchev–Trinajstić information content (AvgIpc) is 3.08. The van der Waals surface area contributed by atoms with Gasteiger partial charge in [0.15, 0.2) is 0 Å². The van der Waals surface area contributed by atoms with Gasteiger partial charge >= 0.3 is 0 Å². The molecule has 0 fully saturated rings. The Balaban J connectivity index is 1.58. The molecule has 1 N–H and O–H groups in total. The molecule has 0 radical (unpaired) electrons. The van der Waals surface area contributed by atoms with Crippen LogP contribution in [-0.2, 0) is 13.1 Å². The number of oxazole rings is 1. The molecule has 0 atom stereocenters. The normalized spacial score (nSPS) is 11.0. The Labute approximate surface area is 128 Å². The van der Waals surface area contributed by atoms with E-state index in [1.807, 2.05) is 19.9 Å². The lowest BCUT2D eigenvalue weighted by atomic mass is 10.1. The largest absolute Gasteiger partial charge is 0.444 e. The maximum Gasteiger partial charge on any atom is 0.208 e. The highest BCUT2D eigenvalue weighted by atomic mass is 32.1. The van der Waals surface area contributed by atoms with Gasteiger partial charge in [-0.2, -0.15) is 0 Å². The van der Waals surface area contributed by atoms with Gasteiger partial charge in [-0.05, 0) is 36.4 Å². The number of nitrogens with zero attached hydrogens (tertiary/aromatic N) is 1. The van der Waals surface area contributed by atoms with Crippen molar-refractivity contribution in [2.75, 3.05) is 0 Å². The molecular weight excluding hydrogens is 280 g/mol. The molecule has 0 aliphatic carbocycles. The molecule has 0 unspecified atom stereocenters. The van der Waals surface area contributed by atoms with Gasteiger partial charge in [-0.25, -0.2) is 4.98 Å². The maximum atomic E-state index is 5.56. The average molecular weight is 298 g/mol. The van der Waals surface area contributed by atoms with Crippen molar-refractivity contribution in [3.05, 3.63) is 64.0 Å². The molecule has 1 aromatic carbocycles. The first-order valence-electron chi connectivity index (χ1n) is 6.99. The van der Waals surface area contributed by atoms with Gasteiger partial charge in [0.25, 0.3) is 0 Å². The molecule has 3 nitrogen and oxygen atoms in total. The van der Waals surface area contributed by atoms with Gasteiger partial charge in [-0.15, -0.1) is 11.3 Å². The first-order valence-corrected chi connectivity index (χ1v) is 7.87. The van der Waals surface area contributed by atoms with E-state index in [1.165, 1.54) is 16.0 Å². The molecule has 3 aromatic rings. The number of aromatic nitrogens is 1. The molecule has 0 aliphatic heterocycles. The molecule has 4 heteroatoms. The van der Waals surface area contributed by atoms with Gasteiger partial charge < -0.3 is 9.73 Å². The Morgan fingerprint density at radius 1 is 1.10 bits per heavy atom. The zero-order valence-corrected chi connectivity index (χ0v) is 13.0. The molecular formula is C17H18N2OS. The molecule has 0 bridgehead atoms. The Morgan fingerprint density at radius 3 is 2.62 bits per heavy atom. The number of benzene rings is 1. The Morgan fingerprint density at radius 2 is 1.90 bits per heavy atom. The van der Waals surface area contributed by atoms with Crippen molar-refractivity contribution in [3.63, 3.8) is 0 Å². The van der Waals surface area contributed by atoms with Crippen LogP contribution < -0.4 is 5.32 Å². The summed E-state index contributed by atoms with van der Waals surface area (Å²) in [4.78, 5) is 5.68. The Bertz CT molecular complexity index is 696. The standard InChI is InChI=1S/C17H18N2OS/c1-12-13(2)20-17(19-12)10-18-9-16-8-15(11-21-16)14-6-4-3-5-7-14/h3-8,11,18H,9-10H2,1-2H3. The van der Waals surface area contributed by atoms with Crippen LogP contribution in [0.15, 0.2) is 46.2 Å². The summed E-state index contributed by atoms with van der Waals surface area (Å²) in [5, 5.41) is 5.58. The number of aryl methyl sites for hydroxylation is 2. The van der Waals surface area contributed by atoms with Gasteiger partial charge in [0.05, 0.1) is 12.2 Å². The third-order valence-electron chi connectivity index (χ3n) is 3.41. The Hall–Kier alpha value is -1.91. The van der Waals surface area contributed by atoms with Crippen LogP contribution in [0.5, 0.6) is 0 Å². The number of hydrogen-bond donors (Lipinski definition) is 1. The smallest absolute Gasteiger partial charge is 0.208 e. The number of nitrogens with one attached hydrogen (secondary N) is 1. The molecule has 0 spiro atoms. The zero-order chi connectivity index (χ0) is 14.7. The van der Waals surface area contributed by atoms with E-state index in [9.17, 15) is 0 Å².